The Hall–Kier alpha value is -2.34. The third-order valence-electron chi connectivity index (χ3n) is 4.61. The number of carbonyl (C=O) groups is 1. The van der Waals surface area contributed by atoms with Gasteiger partial charge < -0.3 is 24.4 Å². The van der Waals surface area contributed by atoms with Gasteiger partial charge in [0.05, 0.1) is 26.0 Å². The van der Waals surface area contributed by atoms with E-state index in [4.69, 9.17) is 14.2 Å². The van der Waals surface area contributed by atoms with Crippen molar-refractivity contribution in [1.82, 2.24) is 19.9 Å². The number of aromatic nitrogens is 3. The summed E-state index contributed by atoms with van der Waals surface area (Å²) in [5.74, 6) is 1.87. The van der Waals surface area contributed by atoms with Gasteiger partial charge >= 0.3 is 5.97 Å². The fourth-order valence-corrected chi connectivity index (χ4v) is 3.87. The molecule has 1 fully saturated rings. The van der Waals surface area contributed by atoms with Crippen LogP contribution in [0.5, 0.6) is 5.06 Å². The van der Waals surface area contributed by atoms with Gasteiger partial charge in [0.2, 0.25) is 5.06 Å². The van der Waals surface area contributed by atoms with E-state index in [-0.39, 0.29) is 5.97 Å². The standard InChI is InChI=1S/C20H30N6O4S/c1-4-28-11-12-29-10-9-25-5-7-26(8-6-25)18-13-17(22-15(2)23-18)24-20-21-14-19(31-20)30-16(3)27/h13-14H,4-12H2,1-3H3,(H,21,22,23,24). The van der Waals surface area contributed by atoms with Gasteiger partial charge in [-0.2, -0.15) is 0 Å². The summed E-state index contributed by atoms with van der Waals surface area (Å²) in [6.45, 7) is 12.6. The molecule has 3 rings (SSSR count). The Morgan fingerprint density at radius 3 is 2.68 bits per heavy atom. The first kappa shape index (κ1) is 23.3. The highest BCUT2D eigenvalue weighted by Gasteiger charge is 2.19. The van der Waals surface area contributed by atoms with E-state index < -0.39 is 0 Å². The van der Waals surface area contributed by atoms with Gasteiger partial charge in [0.15, 0.2) is 5.13 Å². The number of thiazole rings is 1. The number of aryl methyl sites for hydroxylation is 1. The second-order valence-corrected chi connectivity index (χ2v) is 7.99. The van der Waals surface area contributed by atoms with E-state index in [9.17, 15) is 4.79 Å². The Morgan fingerprint density at radius 2 is 1.94 bits per heavy atom. The molecular weight excluding hydrogens is 420 g/mol. The molecule has 0 atom stereocenters. The molecule has 1 saturated heterocycles. The third kappa shape index (κ3) is 7.69. The summed E-state index contributed by atoms with van der Waals surface area (Å²) < 4.78 is 15.9. The first-order valence-corrected chi connectivity index (χ1v) is 11.2. The van der Waals surface area contributed by atoms with Crippen LogP contribution in [0.1, 0.15) is 19.7 Å². The first-order chi connectivity index (χ1) is 15.0. The summed E-state index contributed by atoms with van der Waals surface area (Å²) in [5.41, 5.74) is 0. The zero-order valence-corrected chi connectivity index (χ0v) is 19.1. The van der Waals surface area contributed by atoms with E-state index in [2.05, 4.69) is 30.1 Å². The fraction of sp³-hybridized carbons (Fsp3) is 0.600. The Kier molecular flexibility index (Phi) is 8.95. The Labute approximate surface area is 186 Å². The van der Waals surface area contributed by atoms with E-state index in [1.165, 1.54) is 24.5 Å². The fourth-order valence-electron chi connectivity index (χ4n) is 3.15. The lowest BCUT2D eigenvalue weighted by molar-refractivity contribution is -0.131. The first-order valence-electron chi connectivity index (χ1n) is 10.4. The van der Waals surface area contributed by atoms with E-state index in [0.29, 0.717) is 35.1 Å². The quantitative estimate of drug-likeness (QED) is 0.404. The Morgan fingerprint density at radius 1 is 1.16 bits per heavy atom. The lowest BCUT2D eigenvalue weighted by atomic mass is 10.3. The van der Waals surface area contributed by atoms with Crippen LogP contribution in [0.4, 0.5) is 16.8 Å². The van der Waals surface area contributed by atoms with Crippen LogP contribution in [-0.4, -0.2) is 85.0 Å². The van der Waals surface area contributed by atoms with Crippen LogP contribution in [0.3, 0.4) is 0 Å². The van der Waals surface area contributed by atoms with Crippen molar-refractivity contribution in [1.29, 1.82) is 0 Å². The molecule has 0 radical (unpaired) electrons. The maximum absolute atomic E-state index is 11.1. The van der Waals surface area contributed by atoms with E-state index >= 15 is 0 Å². The summed E-state index contributed by atoms with van der Waals surface area (Å²) in [6.07, 6.45) is 1.52. The second-order valence-electron chi connectivity index (χ2n) is 7.00. The number of nitrogens with one attached hydrogen (secondary N) is 1. The van der Waals surface area contributed by atoms with Gasteiger partial charge in [-0.05, 0) is 13.8 Å². The van der Waals surface area contributed by atoms with E-state index in [0.717, 1.165) is 51.8 Å². The van der Waals surface area contributed by atoms with Crippen LogP contribution < -0.4 is 15.0 Å². The van der Waals surface area contributed by atoms with Crippen molar-refractivity contribution < 1.29 is 19.0 Å². The molecule has 1 N–H and O–H groups in total. The number of piperazine rings is 1. The van der Waals surface area contributed by atoms with Crippen molar-refractivity contribution in [3.8, 4) is 5.06 Å². The lowest BCUT2D eigenvalue weighted by Crippen LogP contribution is -2.47. The van der Waals surface area contributed by atoms with Crippen molar-refractivity contribution >= 4 is 34.1 Å². The highest BCUT2D eigenvalue weighted by atomic mass is 32.1. The van der Waals surface area contributed by atoms with Crippen LogP contribution in [0.2, 0.25) is 0 Å². The molecule has 0 spiro atoms. The normalized spacial score (nSPS) is 14.6. The molecule has 31 heavy (non-hydrogen) atoms. The molecule has 0 aromatic carbocycles. The van der Waals surface area contributed by atoms with Crippen LogP contribution in [0, 0.1) is 6.92 Å². The van der Waals surface area contributed by atoms with E-state index in [1.807, 2.05) is 19.9 Å². The van der Waals surface area contributed by atoms with Crippen molar-refractivity contribution in [3.63, 3.8) is 0 Å². The molecule has 2 aromatic heterocycles. The smallest absolute Gasteiger partial charge is 0.308 e. The van der Waals surface area contributed by atoms with Gasteiger partial charge in [0.25, 0.3) is 0 Å². The van der Waals surface area contributed by atoms with E-state index in [1.54, 1.807) is 0 Å². The van der Waals surface area contributed by atoms with Crippen molar-refractivity contribution in [3.05, 3.63) is 18.1 Å². The number of rotatable bonds is 11. The van der Waals surface area contributed by atoms with Crippen molar-refractivity contribution in [2.24, 2.45) is 0 Å². The summed E-state index contributed by atoms with van der Waals surface area (Å²) in [7, 11) is 0. The number of hydrogen-bond donors (Lipinski definition) is 1. The zero-order valence-electron chi connectivity index (χ0n) is 18.3. The molecule has 1 aliphatic heterocycles. The molecule has 0 bridgehead atoms. The highest BCUT2D eigenvalue weighted by Crippen LogP contribution is 2.28. The SMILES string of the molecule is CCOCCOCCN1CCN(c2cc(Nc3ncc(OC(C)=O)s3)nc(C)n2)CC1. The number of ether oxygens (including phenoxy) is 3. The molecule has 0 amide bonds. The summed E-state index contributed by atoms with van der Waals surface area (Å²) in [5, 5.41) is 4.23. The lowest BCUT2D eigenvalue weighted by Gasteiger charge is -2.35. The molecular formula is C20H30N6O4S. The van der Waals surface area contributed by atoms with Crippen LogP contribution in [-0.2, 0) is 14.3 Å². The number of nitrogens with zero attached hydrogens (tertiary/aromatic N) is 5. The molecule has 0 aliphatic carbocycles. The molecule has 10 nitrogen and oxygen atoms in total. The minimum absolute atomic E-state index is 0.369. The zero-order chi connectivity index (χ0) is 22.1. The largest absolute Gasteiger partial charge is 0.414 e. The van der Waals surface area contributed by atoms with Crippen molar-refractivity contribution in [2.75, 3.05) is 69.4 Å². The average Bonchev–Trinajstić information content (AvgIpc) is 3.16. The topological polar surface area (TPSA) is 102 Å². The van der Waals surface area contributed by atoms with Gasteiger partial charge in [0.1, 0.15) is 17.5 Å². The van der Waals surface area contributed by atoms with Gasteiger partial charge in [-0.3, -0.25) is 9.69 Å². The summed E-state index contributed by atoms with van der Waals surface area (Å²) in [4.78, 5) is 29.0. The van der Waals surface area contributed by atoms with Gasteiger partial charge in [0, 0.05) is 52.3 Å². The Bertz CT molecular complexity index is 841. The molecule has 0 unspecified atom stereocenters. The number of anilines is 3. The monoisotopic (exact) mass is 450 g/mol. The van der Waals surface area contributed by atoms with Gasteiger partial charge in [-0.25, -0.2) is 15.0 Å². The predicted molar refractivity (Wildman–Crippen MR) is 119 cm³/mol. The van der Waals surface area contributed by atoms with Crippen LogP contribution >= 0.6 is 11.3 Å². The molecule has 2 aromatic rings. The maximum atomic E-state index is 11.1. The summed E-state index contributed by atoms with van der Waals surface area (Å²) >= 11 is 1.25. The average molecular weight is 451 g/mol. The third-order valence-corrected chi connectivity index (χ3v) is 5.40. The van der Waals surface area contributed by atoms with Gasteiger partial charge in [-0.15, -0.1) is 0 Å². The van der Waals surface area contributed by atoms with Gasteiger partial charge in [-0.1, -0.05) is 11.3 Å². The molecule has 0 saturated carbocycles. The van der Waals surface area contributed by atoms with Crippen molar-refractivity contribution in [2.45, 2.75) is 20.8 Å². The molecule has 170 valence electrons. The minimum atomic E-state index is -0.369. The predicted octanol–water partition coefficient (Wildman–Crippen LogP) is 2.09. The minimum Gasteiger partial charge on any atom is -0.414 e. The summed E-state index contributed by atoms with van der Waals surface area (Å²) in [6, 6.07) is 1.92. The second kappa shape index (κ2) is 11.9. The number of hydrogen-bond acceptors (Lipinski definition) is 11. The number of carbonyl (C=O) groups excluding carboxylic acids is 1. The Balaban J connectivity index is 1.49. The molecule has 11 heteroatoms. The molecule has 1 aliphatic rings. The number of esters is 1. The highest BCUT2D eigenvalue weighted by molar-refractivity contribution is 7.17. The maximum Gasteiger partial charge on any atom is 0.308 e. The molecule has 3 heterocycles. The van der Waals surface area contributed by atoms with Crippen LogP contribution in [0.15, 0.2) is 12.3 Å². The van der Waals surface area contributed by atoms with Crippen LogP contribution in [0.25, 0.3) is 0 Å².